The average Bonchev–Trinajstić information content (AvgIpc) is 2.86. The van der Waals surface area contributed by atoms with Crippen molar-refractivity contribution in [2.75, 3.05) is 20.1 Å². The van der Waals surface area contributed by atoms with Crippen molar-refractivity contribution in [3.8, 4) is 0 Å². The van der Waals surface area contributed by atoms with E-state index in [2.05, 4.69) is 37.9 Å². The van der Waals surface area contributed by atoms with E-state index >= 15 is 0 Å². The number of carbonyl (C=O) groups excluding carboxylic acids is 1. The third-order valence-corrected chi connectivity index (χ3v) is 4.60. The fraction of sp³-hybridized carbons (Fsp3) is 0.611. The van der Waals surface area contributed by atoms with Crippen LogP contribution in [0.5, 0.6) is 0 Å². The van der Waals surface area contributed by atoms with E-state index in [1.165, 1.54) is 36.8 Å². The van der Waals surface area contributed by atoms with E-state index in [9.17, 15) is 4.79 Å². The highest BCUT2D eigenvalue weighted by Crippen LogP contribution is 2.25. The lowest BCUT2D eigenvalue weighted by Gasteiger charge is -2.20. The van der Waals surface area contributed by atoms with Gasteiger partial charge in [0.05, 0.1) is 6.54 Å². The summed E-state index contributed by atoms with van der Waals surface area (Å²) in [5.74, 6) is 1.06. The molecule has 110 valence electrons. The van der Waals surface area contributed by atoms with Gasteiger partial charge in [0, 0.05) is 12.1 Å². The Morgan fingerprint density at radius 1 is 1.10 bits per heavy atom. The largest absolute Gasteiger partial charge is 0.299 e. The number of Topliss-reactive ketones (excluding diaryl/α,β-unsaturated/α-hetero) is 1. The number of likely N-dealkylation sites (N-methyl/N-ethyl adjacent to an activating group) is 1. The number of aryl methyl sites for hydroxylation is 3. The molecule has 0 atom stereocenters. The van der Waals surface area contributed by atoms with Crippen molar-refractivity contribution in [3.05, 3.63) is 34.4 Å². The predicted octanol–water partition coefficient (Wildman–Crippen LogP) is 3.92. The number of benzene rings is 1. The van der Waals surface area contributed by atoms with Gasteiger partial charge in [-0.1, -0.05) is 18.9 Å². The summed E-state index contributed by atoms with van der Waals surface area (Å²) in [7, 11) is 2.08. The van der Waals surface area contributed by atoms with Crippen molar-refractivity contribution in [1.82, 2.24) is 4.90 Å². The molecule has 0 heterocycles. The van der Waals surface area contributed by atoms with E-state index in [1.807, 2.05) is 6.92 Å². The Balaban J connectivity index is 1.98. The van der Waals surface area contributed by atoms with Crippen molar-refractivity contribution >= 4 is 5.78 Å². The molecule has 1 fully saturated rings. The molecule has 0 aromatic heterocycles. The standard InChI is InChI=1S/C18H27NO/c1-13-9-15(3)17(10-14(13)2)18(20)12-19(4)11-16-7-5-6-8-16/h9-10,16H,5-8,11-12H2,1-4H3. The first-order chi connectivity index (χ1) is 9.47. The first-order valence-corrected chi connectivity index (χ1v) is 7.77. The minimum Gasteiger partial charge on any atom is -0.299 e. The number of nitrogens with zero attached hydrogens (tertiary/aromatic N) is 1. The van der Waals surface area contributed by atoms with E-state index < -0.39 is 0 Å². The Labute approximate surface area is 123 Å². The van der Waals surface area contributed by atoms with Gasteiger partial charge in [-0.15, -0.1) is 0 Å². The zero-order chi connectivity index (χ0) is 14.7. The van der Waals surface area contributed by atoms with Crippen LogP contribution in [0.25, 0.3) is 0 Å². The zero-order valence-electron chi connectivity index (χ0n) is 13.3. The summed E-state index contributed by atoms with van der Waals surface area (Å²) in [6.07, 6.45) is 5.40. The molecule has 1 aliphatic carbocycles. The maximum Gasteiger partial charge on any atom is 0.177 e. The molecule has 1 aromatic carbocycles. The molecule has 1 saturated carbocycles. The van der Waals surface area contributed by atoms with Crippen LogP contribution in [0.1, 0.15) is 52.7 Å². The van der Waals surface area contributed by atoms with Crippen LogP contribution in [0, 0.1) is 26.7 Å². The van der Waals surface area contributed by atoms with Gasteiger partial charge in [-0.3, -0.25) is 9.69 Å². The average molecular weight is 273 g/mol. The van der Waals surface area contributed by atoms with Crippen molar-refractivity contribution in [2.24, 2.45) is 5.92 Å². The highest BCUT2D eigenvalue weighted by Gasteiger charge is 2.19. The number of rotatable bonds is 5. The summed E-state index contributed by atoms with van der Waals surface area (Å²) in [4.78, 5) is 14.7. The molecule has 0 bridgehead atoms. The molecule has 0 aliphatic heterocycles. The number of hydrogen-bond donors (Lipinski definition) is 0. The highest BCUT2D eigenvalue weighted by atomic mass is 16.1. The maximum absolute atomic E-state index is 12.5. The van der Waals surface area contributed by atoms with Crippen LogP contribution in [0.15, 0.2) is 12.1 Å². The molecule has 2 nitrogen and oxygen atoms in total. The van der Waals surface area contributed by atoms with E-state index in [-0.39, 0.29) is 5.78 Å². The fourth-order valence-corrected chi connectivity index (χ4v) is 3.29. The summed E-state index contributed by atoms with van der Waals surface area (Å²) in [6, 6.07) is 4.18. The highest BCUT2D eigenvalue weighted by molar-refractivity contribution is 5.99. The molecule has 0 amide bonds. The van der Waals surface area contributed by atoms with E-state index in [0.717, 1.165) is 23.6 Å². The van der Waals surface area contributed by atoms with E-state index in [4.69, 9.17) is 0 Å². The molecule has 0 spiro atoms. The van der Waals surface area contributed by atoms with Crippen LogP contribution in [0.3, 0.4) is 0 Å². The Morgan fingerprint density at radius 3 is 2.35 bits per heavy atom. The van der Waals surface area contributed by atoms with Gasteiger partial charge in [-0.05, 0) is 69.3 Å². The lowest BCUT2D eigenvalue weighted by atomic mass is 9.97. The van der Waals surface area contributed by atoms with Crippen LogP contribution >= 0.6 is 0 Å². The molecule has 0 unspecified atom stereocenters. The molecule has 1 aliphatic rings. The summed E-state index contributed by atoms with van der Waals surface area (Å²) in [5.41, 5.74) is 4.47. The van der Waals surface area contributed by atoms with Crippen LogP contribution in [0.2, 0.25) is 0 Å². The van der Waals surface area contributed by atoms with Crippen molar-refractivity contribution in [2.45, 2.75) is 46.5 Å². The Morgan fingerprint density at radius 2 is 1.70 bits per heavy atom. The number of hydrogen-bond acceptors (Lipinski definition) is 2. The molecule has 1 aromatic rings. The van der Waals surface area contributed by atoms with Crippen LogP contribution in [0.4, 0.5) is 0 Å². The van der Waals surface area contributed by atoms with Gasteiger partial charge in [0.1, 0.15) is 0 Å². The molecular formula is C18H27NO. The van der Waals surface area contributed by atoms with Gasteiger partial charge < -0.3 is 0 Å². The van der Waals surface area contributed by atoms with Gasteiger partial charge in [0.25, 0.3) is 0 Å². The van der Waals surface area contributed by atoms with Gasteiger partial charge in [0.15, 0.2) is 5.78 Å². The number of carbonyl (C=O) groups is 1. The summed E-state index contributed by atoms with van der Waals surface area (Å²) < 4.78 is 0. The van der Waals surface area contributed by atoms with Crippen molar-refractivity contribution in [1.29, 1.82) is 0 Å². The molecule has 0 radical (unpaired) electrons. The summed E-state index contributed by atoms with van der Waals surface area (Å²) in [5, 5.41) is 0. The second-order valence-corrected chi connectivity index (χ2v) is 6.52. The SMILES string of the molecule is Cc1cc(C)c(C(=O)CN(C)CC2CCCC2)cc1C. The molecule has 2 heteroatoms. The minimum absolute atomic E-state index is 0.256. The molecule has 0 N–H and O–H groups in total. The molecule has 0 saturated heterocycles. The maximum atomic E-state index is 12.5. The minimum atomic E-state index is 0.256. The Bertz CT molecular complexity index is 486. The first kappa shape index (κ1) is 15.2. The molecule has 2 rings (SSSR count). The smallest absolute Gasteiger partial charge is 0.177 e. The topological polar surface area (TPSA) is 20.3 Å². The first-order valence-electron chi connectivity index (χ1n) is 7.77. The van der Waals surface area contributed by atoms with Crippen LogP contribution in [-0.2, 0) is 0 Å². The van der Waals surface area contributed by atoms with Crippen LogP contribution < -0.4 is 0 Å². The number of ketones is 1. The lowest BCUT2D eigenvalue weighted by Crippen LogP contribution is -2.30. The second-order valence-electron chi connectivity index (χ2n) is 6.52. The summed E-state index contributed by atoms with van der Waals surface area (Å²) in [6.45, 7) is 7.82. The Kier molecular flexibility index (Phi) is 4.98. The molecule has 20 heavy (non-hydrogen) atoms. The quantitative estimate of drug-likeness (QED) is 0.758. The van der Waals surface area contributed by atoms with Gasteiger partial charge in [0.2, 0.25) is 0 Å². The second kappa shape index (κ2) is 6.53. The van der Waals surface area contributed by atoms with Gasteiger partial charge in [-0.25, -0.2) is 0 Å². The van der Waals surface area contributed by atoms with Crippen molar-refractivity contribution in [3.63, 3.8) is 0 Å². The lowest BCUT2D eigenvalue weighted by molar-refractivity contribution is 0.0937. The van der Waals surface area contributed by atoms with E-state index in [0.29, 0.717) is 6.54 Å². The van der Waals surface area contributed by atoms with E-state index in [1.54, 1.807) is 0 Å². The van der Waals surface area contributed by atoms with Gasteiger partial charge in [-0.2, -0.15) is 0 Å². The molecular weight excluding hydrogens is 246 g/mol. The fourth-order valence-electron chi connectivity index (χ4n) is 3.29. The Hall–Kier alpha value is -1.15. The van der Waals surface area contributed by atoms with Gasteiger partial charge >= 0.3 is 0 Å². The third-order valence-electron chi connectivity index (χ3n) is 4.60. The summed E-state index contributed by atoms with van der Waals surface area (Å²) >= 11 is 0. The van der Waals surface area contributed by atoms with Crippen LogP contribution in [-0.4, -0.2) is 30.8 Å². The van der Waals surface area contributed by atoms with Crippen molar-refractivity contribution < 1.29 is 4.79 Å². The predicted molar refractivity (Wildman–Crippen MR) is 84.4 cm³/mol. The normalized spacial score (nSPS) is 16.1. The third kappa shape index (κ3) is 3.69. The monoisotopic (exact) mass is 273 g/mol. The zero-order valence-corrected chi connectivity index (χ0v) is 13.3.